The summed E-state index contributed by atoms with van der Waals surface area (Å²) in [5.41, 5.74) is 0. The Morgan fingerprint density at radius 3 is 2.84 bits per heavy atom. The fourth-order valence-electron chi connectivity index (χ4n) is 3.31. The van der Waals surface area contributed by atoms with Crippen molar-refractivity contribution in [2.24, 2.45) is 0 Å². The zero-order chi connectivity index (χ0) is 17.1. The molecule has 2 aromatic rings. The second-order valence-electron chi connectivity index (χ2n) is 7.13. The van der Waals surface area contributed by atoms with E-state index in [1.54, 1.807) is 0 Å². The molecule has 1 aliphatic heterocycles. The molecule has 4 rings (SSSR count). The minimum Gasteiger partial charge on any atom is -0.339 e. The van der Waals surface area contributed by atoms with Crippen LogP contribution < -0.4 is 5.32 Å². The standard InChI is InChI=1S/C17H26N6O2/c1-2-4-14-19-16(24-21-14)9-18-13-5-3-8-23(10-13)11-15-20-17(25-22-15)12-6-7-12/h12-13,18H,2-11H2,1H3/t13-/m1/s1. The number of aryl methyl sites for hydroxylation is 1. The summed E-state index contributed by atoms with van der Waals surface area (Å²) in [6, 6.07) is 0.421. The van der Waals surface area contributed by atoms with Crippen molar-refractivity contribution >= 4 is 0 Å². The van der Waals surface area contributed by atoms with E-state index in [4.69, 9.17) is 9.05 Å². The molecule has 1 N–H and O–H groups in total. The van der Waals surface area contributed by atoms with Crippen LogP contribution in [0.3, 0.4) is 0 Å². The molecule has 0 bridgehead atoms. The smallest absolute Gasteiger partial charge is 0.240 e. The first-order valence-corrected chi connectivity index (χ1v) is 9.40. The summed E-state index contributed by atoms with van der Waals surface area (Å²) < 4.78 is 10.6. The number of nitrogens with one attached hydrogen (secondary N) is 1. The van der Waals surface area contributed by atoms with Crippen LogP contribution in [0.1, 0.15) is 68.4 Å². The number of nitrogens with zero attached hydrogens (tertiary/aromatic N) is 5. The van der Waals surface area contributed by atoms with Crippen molar-refractivity contribution in [1.29, 1.82) is 0 Å². The molecule has 25 heavy (non-hydrogen) atoms. The fourth-order valence-corrected chi connectivity index (χ4v) is 3.31. The molecule has 3 heterocycles. The summed E-state index contributed by atoms with van der Waals surface area (Å²) >= 11 is 0. The average molecular weight is 346 g/mol. The van der Waals surface area contributed by atoms with Gasteiger partial charge in [0.25, 0.3) is 0 Å². The lowest BCUT2D eigenvalue weighted by Gasteiger charge is -2.32. The SMILES string of the molecule is CCCc1noc(CN[C@@H]2CCCN(Cc3noc(C4CC4)n3)C2)n1. The van der Waals surface area contributed by atoms with Gasteiger partial charge in [-0.3, -0.25) is 4.90 Å². The first-order valence-electron chi connectivity index (χ1n) is 9.40. The zero-order valence-corrected chi connectivity index (χ0v) is 14.8. The van der Waals surface area contributed by atoms with Crippen molar-refractivity contribution in [3.8, 4) is 0 Å². The first-order chi connectivity index (χ1) is 12.3. The lowest BCUT2D eigenvalue weighted by molar-refractivity contribution is 0.174. The number of aromatic nitrogens is 4. The molecule has 0 spiro atoms. The topological polar surface area (TPSA) is 93.1 Å². The maximum atomic E-state index is 5.35. The monoisotopic (exact) mass is 346 g/mol. The van der Waals surface area contributed by atoms with Gasteiger partial charge < -0.3 is 14.4 Å². The number of hydrogen-bond donors (Lipinski definition) is 1. The third-order valence-corrected chi connectivity index (χ3v) is 4.81. The van der Waals surface area contributed by atoms with Crippen LogP contribution in [-0.2, 0) is 19.5 Å². The van der Waals surface area contributed by atoms with Gasteiger partial charge in [-0.25, -0.2) is 0 Å². The summed E-state index contributed by atoms with van der Waals surface area (Å²) in [4.78, 5) is 11.3. The zero-order valence-electron chi connectivity index (χ0n) is 14.8. The van der Waals surface area contributed by atoms with E-state index >= 15 is 0 Å². The minimum absolute atomic E-state index is 0.421. The van der Waals surface area contributed by atoms with Gasteiger partial charge in [0.05, 0.1) is 13.1 Å². The molecule has 1 aliphatic carbocycles. The molecular formula is C17H26N6O2. The Kier molecular flexibility index (Phi) is 5.07. The lowest BCUT2D eigenvalue weighted by Crippen LogP contribution is -2.45. The van der Waals surface area contributed by atoms with Crippen LogP contribution in [0.2, 0.25) is 0 Å². The van der Waals surface area contributed by atoms with Gasteiger partial charge in [0.2, 0.25) is 11.8 Å². The van der Waals surface area contributed by atoms with Gasteiger partial charge >= 0.3 is 0 Å². The third-order valence-electron chi connectivity index (χ3n) is 4.81. The second-order valence-corrected chi connectivity index (χ2v) is 7.13. The van der Waals surface area contributed by atoms with Crippen LogP contribution in [0.4, 0.5) is 0 Å². The van der Waals surface area contributed by atoms with Crippen molar-refractivity contribution in [3.63, 3.8) is 0 Å². The van der Waals surface area contributed by atoms with Crippen molar-refractivity contribution in [3.05, 3.63) is 23.4 Å². The molecule has 8 nitrogen and oxygen atoms in total. The van der Waals surface area contributed by atoms with Crippen molar-refractivity contribution in [2.75, 3.05) is 13.1 Å². The van der Waals surface area contributed by atoms with Gasteiger partial charge in [-0.2, -0.15) is 9.97 Å². The summed E-state index contributed by atoms with van der Waals surface area (Å²) in [6.45, 7) is 5.55. The van der Waals surface area contributed by atoms with Crippen LogP contribution in [0.25, 0.3) is 0 Å². The molecule has 2 aliphatic rings. The van der Waals surface area contributed by atoms with E-state index in [0.29, 0.717) is 24.4 Å². The highest BCUT2D eigenvalue weighted by atomic mass is 16.5. The van der Waals surface area contributed by atoms with Crippen LogP contribution in [0, 0.1) is 0 Å². The molecular weight excluding hydrogens is 320 g/mol. The first kappa shape index (κ1) is 16.7. The normalized spacial score (nSPS) is 21.7. The van der Waals surface area contributed by atoms with Crippen molar-refractivity contribution in [2.45, 2.75) is 70.5 Å². The van der Waals surface area contributed by atoms with Gasteiger partial charge in [0.1, 0.15) is 0 Å². The Hall–Kier alpha value is -1.80. The Balaban J connectivity index is 1.25. The molecule has 1 saturated carbocycles. The molecule has 8 heteroatoms. The summed E-state index contributed by atoms with van der Waals surface area (Å²) in [7, 11) is 0. The molecule has 2 aromatic heterocycles. The molecule has 1 atom stereocenters. The summed E-state index contributed by atoms with van der Waals surface area (Å²) in [6.07, 6.45) is 6.60. The van der Waals surface area contributed by atoms with Gasteiger partial charge in [0, 0.05) is 24.9 Å². The third kappa shape index (κ3) is 4.43. The van der Waals surface area contributed by atoms with Gasteiger partial charge in [-0.1, -0.05) is 17.2 Å². The Bertz CT molecular complexity index is 680. The van der Waals surface area contributed by atoms with Gasteiger partial charge in [0.15, 0.2) is 11.6 Å². The van der Waals surface area contributed by atoms with Crippen LogP contribution >= 0.6 is 0 Å². The van der Waals surface area contributed by atoms with E-state index in [-0.39, 0.29) is 0 Å². The van der Waals surface area contributed by atoms with E-state index in [9.17, 15) is 0 Å². The molecule has 2 fully saturated rings. The van der Waals surface area contributed by atoms with Crippen LogP contribution in [0.15, 0.2) is 9.05 Å². The molecule has 0 unspecified atom stereocenters. The van der Waals surface area contributed by atoms with E-state index in [2.05, 4.69) is 37.4 Å². The average Bonchev–Trinajstić information content (AvgIpc) is 3.20. The molecule has 0 radical (unpaired) electrons. The number of rotatable bonds is 8. The largest absolute Gasteiger partial charge is 0.339 e. The van der Waals surface area contributed by atoms with Crippen LogP contribution in [-0.4, -0.2) is 44.3 Å². The fraction of sp³-hybridized carbons (Fsp3) is 0.765. The Morgan fingerprint density at radius 1 is 1.12 bits per heavy atom. The highest BCUT2D eigenvalue weighted by Gasteiger charge is 2.30. The van der Waals surface area contributed by atoms with E-state index in [0.717, 1.165) is 62.9 Å². The van der Waals surface area contributed by atoms with Gasteiger partial charge in [-0.05, 0) is 38.6 Å². The highest BCUT2D eigenvalue weighted by Crippen LogP contribution is 2.38. The van der Waals surface area contributed by atoms with E-state index in [1.165, 1.54) is 12.8 Å². The summed E-state index contributed by atoms with van der Waals surface area (Å²) in [5.74, 6) is 3.62. The predicted molar refractivity (Wildman–Crippen MR) is 89.7 cm³/mol. The van der Waals surface area contributed by atoms with Crippen molar-refractivity contribution < 1.29 is 9.05 Å². The molecule has 136 valence electrons. The lowest BCUT2D eigenvalue weighted by atomic mass is 10.1. The number of likely N-dealkylation sites (tertiary alicyclic amines) is 1. The molecule has 0 amide bonds. The maximum Gasteiger partial charge on any atom is 0.240 e. The number of hydrogen-bond acceptors (Lipinski definition) is 8. The van der Waals surface area contributed by atoms with Crippen molar-refractivity contribution in [1.82, 2.24) is 30.5 Å². The van der Waals surface area contributed by atoms with Crippen LogP contribution in [0.5, 0.6) is 0 Å². The second kappa shape index (κ2) is 7.61. The number of piperidine rings is 1. The minimum atomic E-state index is 0.421. The maximum absolute atomic E-state index is 5.35. The highest BCUT2D eigenvalue weighted by molar-refractivity contribution is 5.01. The van der Waals surface area contributed by atoms with E-state index in [1.807, 2.05) is 0 Å². The Morgan fingerprint density at radius 2 is 2.00 bits per heavy atom. The van der Waals surface area contributed by atoms with E-state index < -0.39 is 0 Å². The molecule has 0 aromatic carbocycles. The predicted octanol–water partition coefficient (Wildman–Crippen LogP) is 2.04. The van der Waals surface area contributed by atoms with Gasteiger partial charge in [-0.15, -0.1) is 0 Å². The Labute approximate surface area is 147 Å². The molecule has 1 saturated heterocycles. The quantitative estimate of drug-likeness (QED) is 0.776. The summed E-state index contributed by atoms with van der Waals surface area (Å²) in [5, 5.41) is 11.7.